The number of hydrogen-bond acceptors (Lipinski definition) is 12. The van der Waals surface area contributed by atoms with Crippen molar-refractivity contribution in [2.75, 3.05) is 37.8 Å². The number of pyridine rings is 1. The van der Waals surface area contributed by atoms with Crippen molar-refractivity contribution >= 4 is 80.5 Å². The largest absolute Gasteiger partial charge is 0.369 e. The first-order chi connectivity index (χ1) is 28.2. The summed E-state index contributed by atoms with van der Waals surface area (Å²) in [5.41, 5.74) is 1.12. The zero-order chi connectivity index (χ0) is 42.3. The molecule has 2 aromatic heterocycles. The van der Waals surface area contributed by atoms with Gasteiger partial charge in [0.05, 0.1) is 18.1 Å². The van der Waals surface area contributed by atoms with Gasteiger partial charge in [0.1, 0.15) is 12.1 Å². The van der Waals surface area contributed by atoms with E-state index in [9.17, 15) is 28.5 Å². The molecule has 3 aliphatic heterocycles. The first-order valence-corrected chi connectivity index (χ1v) is 24.8. The third kappa shape index (κ3) is 11.6. The highest BCUT2D eigenvalue weighted by Crippen LogP contribution is 2.62. The van der Waals surface area contributed by atoms with E-state index in [1.165, 1.54) is 23.5 Å². The van der Waals surface area contributed by atoms with Gasteiger partial charge >= 0.3 is 7.60 Å². The summed E-state index contributed by atoms with van der Waals surface area (Å²) in [6.45, 7) is 8.53. The van der Waals surface area contributed by atoms with Gasteiger partial charge in [0.15, 0.2) is 10.2 Å². The topological polar surface area (TPSA) is 152 Å². The van der Waals surface area contributed by atoms with E-state index >= 15 is 4.39 Å². The van der Waals surface area contributed by atoms with Crippen LogP contribution in [0.4, 0.5) is 4.39 Å². The number of nitrogens with zero attached hydrogens (tertiary/aromatic N) is 3. The second-order valence-corrected chi connectivity index (χ2v) is 21.7. The number of thioether (sulfide) groups is 2. The molecule has 3 aromatic rings. The van der Waals surface area contributed by atoms with E-state index in [4.69, 9.17) is 9.05 Å². The Morgan fingerprint density at radius 2 is 1.63 bits per heavy atom. The molecule has 3 aliphatic rings. The molecule has 59 heavy (non-hydrogen) atoms. The fourth-order valence-corrected chi connectivity index (χ4v) is 12.2. The maximum atomic E-state index is 16.3. The van der Waals surface area contributed by atoms with Crippen LogP contribution >= 0.6 is 42.5 Å². The number of alkyl halides is 1. The molecule has 1 aromatic carbocycles. The maximum absolute atomic E-state index is 16.3. The summed E-state index contributed by atoms with van der Waals surface area (Å²) in [7, 11) is -4.44. The fraction of sp³-hybridized carbons (Fsp3) is 0.571. The maximum Gasteiger partial charge on any atom is 0.369 e. The quantitative estimate of drug-likeness (QED) is 0.0969. The summed E-state index contributed by atoms with van der Waals surface area (Å²) >= 11 is 3.25. The van der Waals surface area contributed by atoms with Crippen LogP contribution in [0.15, 0.2) is 48.8 Å². The standard InChI is InChI=1S/C42H54FN4O8PS3/c1-26(2)19-37(48)57-17-15-54-56(53,55-16-18-58-38(49)20-27(3)4)39(43)28-10-13-35-30(21-28)22-36(59-35)40(50)45-33-9-5-8-32-11-12-34(47(32)41(33)51)42(52)46-24-31(25-46)29-7-6-14-44-23-29/h6-7,10,13-14,21-23,26-27,31-34,39H,5,8-9,11-12,15-20,24-25H2,1-4H3,(H,45,50)/t32-,33-,34-,39+/m0/s1. The van der Waals surface area contributed by atoms with Gasteiger partial charge in [-0.1, -0.05) is 63.4 Å². The van der Waals surface area contributed by atoms with Gasteiger partial charge in [-0.25, -0.2) is 4.39 Å². The summed E-state index contributed by atoms with van der Waals surface area (Å²) in [5.74, 6) is -2.01. The number of rotatable bonds is 18. The number of benzene rings is 1. The predicted octanol–water partition coefficient (Wildman–Crippen LogP) is 8.37. The lowest BCUT2D eigenvalue weighted by molar-refractivity contribution is -0.148. The second-order valence-electron chi connectivity index (χ2n) is 16.3. The number of nitrogens with one attached hydrogen (secondary N) is 1. The van der Waals surface area contributed by atoms with Crippen LogP contribution in [0.25, 0.3) is 10.1 Å². The molecule has 1 N–H and O–H groups in total. The molecule has 6 rings (SSSR count). The van der Waals surface area contributed by atoms with Crippen molar-refractivity contribution < 1.29 is 42.0 Å². The van der Waals surface area contributed by atoms with Gasteiger partial charge in [-0.05, 0) is 84.7 Å². The lowest BCUT2D eigenvalue weighted by atomic mass is 9.92. The van der Waals surface area contributed by atoms with Gasteiger partial charge in [0.25, 0.3) is 5.91 Å². The van der Waals surface area contributed by atoms with E-state index in [2.05, 4.69) is 10.3 Å². The molecule has 0 bridgehead atoms. The van der Waals surface area contributed by atoms with E-state index < -0.39 is 31.5 Å². The van der Waals surface area contributed by atoms with Crippen molar-refractivity contribution in [1.29, 1.82) is 0 Å². The van der Waals surface area contributed by atoms with Crippen LogP contribution in [0.2, 0.25) is 0 Å². The highest BCUT2D eigenvalue weighted by atomic mass is 32.2. The first kappa shape index (κ1) is 45.4. The van der Waals surface area contributed by atoms with Gasteiger partial charge in [-0.3, -0.25) is 33.5 Å². The Morgan fingerprint density at radius 1 is 0.949 bits per heavy atom. The average molecular weight is 889 g/mol. The zero-order valence-corrected chi connectivity index (χ0v) is 37.4. The Labute approximate surface area is 358 Å². The van der Waals surface area contributed by atoms with Crippen molar-refractivity contribution in [3.8, 4) is 0 Å². The Bertz CT molecular complexity index is 2000. The Morgan fingerprint density at radius 3 is 2.25 bits per heavy atom. The number of thiophene rings is 1. The number of amides is 3. The Kier molecular flexibility index (Phi) is 15.9. The monoisotopic (exact) mass is 888 g/mol. The average Bonchev–Trinajstić information content (AvgIpc) is 3.77. The number of halogens is 1. The van der Waals surface area contributed by atoms with Crippen LogP contribution in [0, 0.1) is 11.8 Å². The van der Waals surface area contributed by atoms with E-state index in [0.29, 0.717) is 53.7 Å². The molecule has 3 fully saturated rings. The van der Waals surface area contributed by atoms with Gasteiger partial charge in [-0.2, -0.15) is 0 Å². The Hall–Kier alpha value is -3.14. The molecular formula is C42H54FN4O8PS3. The van der Waals surface area contributed by atoms with Crippen LogP contribution < -0.4 is 5.32 Å². The molecule has 0 radical (unpaired) electrons. The van der Waals surface area contributed by atoms with Gasteiger partial charge in [0.2, 0.25) is 17.7 Å². The lowest BCUT2D eigenvalue weighted by Gasteiger charge is -2.42. The lowest BCUT2D eigenvalue weighted by Crippen LogP contribution is -2.58. The molecule has 17 heteroatoms. The summed E-state index contributed by atoms with van der Waals surface area (Å²) in [4.78, 5) is 73.9. The van der Waals surface area contributed by atoms with E-state index in [-0.39, 0.29) is 76.1 Å². The normalized spacial score (nSPS) is 20.5. The molecule has 0 spiro atoms. The summed E-state index contributed by atoms with van der Waals surface area (Å²) in [5, 5.41) is 3.39. The van der Waals surface area contributed by atoms with Gasteiger partial charge < -0.3 is 24.2 Å². The first-order valence-electron chi connectivity index (χ1n) is 20.4. The van der Waals surface area contributed by atoms with Crippen molar-refractivity contribution in [2.45, 2.75) is 103 Å². The minimum absolute atomic E-state index is 0.0290. The zero-order valence-electron chi connectivity index (χ0n) is 34.0. The molecule has 3 saturated heterocycles. The van der Waals surface area contributed by atoms with Crippen LogP contribution in [0.3, 0.4) is 0 Å². The number of aromatic nitrogens is 1. The molecule has 0 unspecified atom stereocenters. The van der Waals surface area contributed by atoms with E-state index in [1.807, 2.05) is 50.9 Å². The molecule has 4 atom stereocenters. The van der Waals surface area contributed by atoms with Crippen LogP contribution in [0.5, 0.6) is 0 Å². The SMILES string of the molecule is CC(C)CC(=O)SCCOP(=O)(OCCSC(=O)CC(C)C)[C@@H](F)c1ccc2sc(C(=O)N[C@H]3CCC[C@H]4CC[C@@H](C(=O)N5CC(c6cccnc6)C5)N4C3=O)cc2c1. The fourth-order valence-electron chi connectivity index (χ4n) is 7.76. The number of fused-ring (bicyclic) bond motifs is 2. The molecule has 0 saturated carbocycles. The molecule has 12 nitrogen and oxygen atoms in total. The minimum atomic E-state index is -4.44. The highest BCUT2D eigenvalue weighted by molar-refractivity contribution is 8.13. The summed E-state index contributed by atoms with van der Waals surface area (Å²) < 4.78 is 42.3. The number of likely N-dealkylation sites (tertiary alicyclic amines) is 1. The molecule has 5 heterocycles. The summed E-state index contributed by atoms with van der Waals surface area (Å²) in [6.07, 6.45) is 7.57. The van der Waals surface area contributed by atoms with Crippen molar-refractivity contribution in [3.63, 3.8) is 0 Å². The second kappa shape index (κ2) is 20.6. The minimum Gasteiger partial charge on any atom is -0.340 e. The van der Waals surface area contributed by atoms with Gasteiger partial charge in [-0.15, -0.1) is 11.3 Å². The van der Waals surface area contributed by atoms with Crippen molar-refractivity contribution in [2.24, 2.45) is 11.8 Å². The molecular weight excluding hydrogens is 835 g/mol. The van der Waals surface area contributed by atoms with Crippen LogP contribution in [-0.2, 0) is 32.8 Å². The van der Waals surface area contributed by atoms with Crippen LogP contribution in [0.1, 0.15) is 105 Å². The van der Waals surface area contributed by atoms with E-state index in [1.54, 1.807) is 23.2 Å². The van der Waals surface area contributed by atoms with E-state index in [0.717, 1.165) is 48.3 Å². The van der Waals surface area contributed by atoms with Gasteiger partial charge in [0, 0.05) is 66.5 Å². The van der Waals surface area contributed by atoms with Crippen LogP contribution in [-0.4, -0.2) is 98.7 Å². The third-order valence-electron chi connectivity index (χ3n) is 10.7. The predicted molar refractivity (Wildman–Crippen MR) is 231 cm³/mol. The molecule has 3 amide bonds. The number of hydrogen-bond donors (Lipinski definition) is 1. The molecule has 0 aliphatic carbocycles. The Balaban J connectivity index is 1.10. The van der Waals surface area contributed by atoms with Crippen molar-refractivity contribution in [3.05, 3.63) is 64.8 Å². The third-order valence-corrected chi connectivity index (χ3v) is 15.5. The molecule has 320 valence electrons. The van der Waals surface area contributed by atoms with Crippen molar-refractivity contribution in [1.82, 2.24) is 20.1 Å². The summed E-state index contributed by atoms with van der Waals surface area (Å²) in [6, 6.07) is 8.73. The smallest absolute Gasteiger partial charge is 0.340 e. The number of carbonyl (C=O) groups is 5. The highest BCUT2D eigenvalue weighted by Gasteiger charge is 2.47. The number of carbonyl (C=O) groups excluding carboxylic acids is 5.